The summed E-state index contributed by atoms with van der Waals surface area (Å²) in [5.74, 6) is -0.0123. The zero-order valence-electron chi connectivity index (χ0n) is 24.0. The molecule has 1 saturated heterocycles. The highest BCUT2D eigenvalue weighted by atomic mass is 16.2. The van der Waals surface area contributed by atoms with Crippen molar-refractivity contribution < 1.29 is 9.59 Å². The summed E-state index contributed by atoms with van der Waals surface area (Å²) in [5.41, 5.74) is 1.54. The summed E-state index contributed by atoms with van der Waals surface area (Å²) in [7, 11) is 0. The van der Waals surface area contributed by atoms with E-state index in [1.54, 1.807) is 17.0 Å². The smallest absolute Gasteiger partial charge is 0.317 e. The van der Waals surface area contributed by atoms with Crippen LogP contribution in [0.4, 0.5) is 4.79 Å². The molecule has 6 heteroatoms. The fourth-order valence-electron chi connectivity index (χ4n) is 5.13. The Hall–Kier alpha value is -2.55. The molecule has 38 heavy (non-hydrogen) atoms. The van der Waals surface area contributed by atoms with Gasteiger partial charge in [-0.1, -0.05) is 115 Å². The van der Waals surface area contributed by atoms with Crippen molar-refractivity contribution in [3.63, 3.8) is 0 Å². The van der Waals surface area contributed by atoms with E-state index in [0.717, 1.165) is 18.5 Å². The predicted octanol–water partition coefficient (Wildman–Crippen LogP) is 7.48. The number of nitrogens with one attached hydrogen (secondary N) is 1. The lowest BCUT2D eigenvalue weighted by Crippen LogP contribution is -2.53. The van der Waals surface area contributed by atoms with E-state index >= 15 is 0 Å². The highest BCUT2D eigenvalue weighted by Crippen LogP contribution is 2.14. The number of amides is 3. The molecule has 0 spiro atoms. The number of carbonyl (C=O) groups excluding carboxylic acids is 2. The van der Waals surface area contributed by atoms with E-state index in [1.165, 1.54) is 96.3 Å². The molecule has 1 fully saturated rings. The summed E-state index contributed by atoms with van der Waals surface area (Å²) in [6, 6.07) is 9.33. The van der Waals surface area contributed by atoms with Crippen LogP contribution in [-0.2, 0) is 6.42 Å². The molecule has 2 rings (SSSR count). The number of urea groups is 1. The summed E-state index contributed by atoms with van der Waals surface area (Å²) in [6.45, 7) is 5.22. The second-order valence-electron chi connectivity index (χ2n) is 10.8. The molecule has 0 unspecified atom stereocenters. The number of carbonyl (C=O) groups is 2. The predicted molar refractivity (Wildman–Crippen MR) is 156 cm³/mol. The first-order valence-corrected chi connectivity index (χ1v) is 15.4. The summed E-state index contributed by atoms with van der Waals surface area (Å²) < 4.78 is 0. The molecule has 0 radical (unpaired) electrons. The van der Waals surface area contributed by atoms with E-state index in [0.29, 0.717) is 38.2 Å². The Bertz CT molecular complexity index is 810. The summed E-state index contributed by atoms with van der Waals surface area (Å²) in [4.78, 5) is 28.8. The fourth-order valence-corrected chi connectivity index (χ4v) is 5.13. The summed E-state index contributed by atoms with van der Waals surface area (Å²) in [5, 5.41) is 11.8. The van der Waals surface area contributed by atoms with Crippen molar-refractivity contribution in [1.82, 2.24) is 15.1 Å². The first-order valence-electron chi connectivity index (χ1n) is 15.4. The Balaban J connectivity index is 1.41. The van der Waals surface area contributed by atoms with Crippen LogP contribution < -0.4 is 5.32 Å². The molecule has 0 aromatic heterocycles. The van der Waals surface area contributed by atoms with Crippen LogP contribution in [0.3, 0.4) is 0 Å². The molecule has 1 aliphatic heterocycles. The number of hydrogen-bond acceptors (Lipinski definition) is 3. The highest BCUT2D eigenvalue weighted by molar-refractivity contribution is 5.94. The molecule has 1 heterocycles. The maximum atomic E-state index is 12.7. The van der Waals surface area contributed by atoms with E-state index in [4.69, 9.17) is 5.26 Å². The second-order valence-corrected chi connectivity index (χ2v) is 10.8. The minimum absolute atomic E-state index is 0.0123. The van der Waals surface area contributed by atoms with Gasteiger partial charge in [-0.15, -0.1) is 0 Å². The Morgan fingerprint density at radius 3 is 1.63 bits per heavy atom. The van der Waals surface area contributed by atoms with Gasteiger partial charge in [-0.25, -0.2) is 4.79 Å². The maximum Gasteiger partial charge on any atom is 0.317 e. The molecular weight excluding hydrogens is 472 g/mol. The lowest BCUT2D eigenvalue weighted by atomic mass is 10.0. The van der Waals surface area contributed by atoms with Gasteiger partial charge in [0.2, 0.25) is 0 Å². The Kier molecular flexibility index (Phi) is 17.0. The zero-order valence-corrected chi connectivity index (χ0v) is 24.0. The third kappa shape index (κ3) is 13.3. The van der Waals surface area contributed by atoms with Crippen LogP contribution in [0.5, 0.6) is 0 Å². The monoisotopic (exact) mass is 524 g/mol. The Morgan fingerprint density at radius 2 is 1.16 bits per heavy atom. The van der Waals surface area contributed by atoms with Crippen LogP contribution in [0.25, 0.3) is 0 Å². The number of nitriles is 1. The normalized spacial score (nSPS) is 13.4. The van der Waals surface area contributed by atoms with Gasteiger partial charge in [0, 0.05) is 38.3 Å². The standard InChI is InChI=1S/C32H52N4O2/c1-2-3-4-5-6-7-8-9-10-11-12-13-14-15-16-17-24-34-32(38)36-27-25-35(26-28-36)31(37)30-20-18-29(19-21-30)22-23-33/h18-21H,2-17,22,24-28H2,1H3,(H,34,38). The highest BCUT2D eigenvalue weighted by Gasteiger charge is 2.24. The van der Waals surface area contributed by atoms with Crippen LogP contribution in [0, 0.1) is 11.3 Å². The van der Waals surface area contributed by atoms with Crippen molar-refractivity contribution in [2.45, 2.75) is 116 Å². The van der Waals surface area contributed by atoms with Gasteiger partial charge < -0.3 is 15.1 Å². The molecular formula is C32H52N4O2. The lowest BCUT2D eigenvalue weighted by molar-refractivity contribution is 0.0665. The molecule has 1 aromatic carbocycles. The third-order valence-electron chi connectivity index (χ3n) is 7.64. The molecule has 212 valence electrons. The van der Waals surface area contributed by atoms with Gasteiger partial charge >= 0.3 is 6.03 Å². The molecule has 0 bridgehead atoms. The Labute approximate surface area is 232 Å². The average Bonchev–Trinajstić information content (AvgIpc) is 2.95. The van der Waals surface area contributed by atoms with Gasteiger partial charge in [0.25, 0.3) is 5.91 Å². The number of hydrogen-bond donors (Lipinski definition) is 1. The van der Waals surface area contributed by atoms with Gasteiger partial charge in [-0.05, 0) is 24.1 Å². The van der Waals surface area contributed by atoms with Crippen LogP contribution >= 0.6 is 0 Å². The summed E-state index contributed by atoms with van der Waals surface area (Å²) >= 11 is 0. The minimum atomic E-state index is -0.0149. The summed E-state index contributed by atoms with van der Waals surface area (Å²) in [6.07, 6.45) is 21.9. The Morgan fingerprint density at radius 1 is 0.711 bits per heavy atom. The van der Waals surface area contributed by atoms with Crippen molar-refractivity contribution in [1.29, 1.82) is 5.26 Å². The SMILES string of the molecule is CCCCCCCCCCCCCCCCCCNC(=O)N1CCN(C(=O)c2ccc(CC#N)cc2)CC1. The first-order chi connectivity index (χ1) is 18.7. The van der Waals surface area contributed by atoms with Gasteiger partial charge in [0.15, 0.2) is 0 Å². The van der Waals surface area contributed by atoms with Crippen molar-refractivity contribution >= 4 is 11.9 Å². The van der Waals surface area contributed by atoms with Crippen molar-refractivity contribution in [3.8, 4) is 6.07 Å². The molecule has 1 aliphatic rings. The van der Waals surface area contributed by atoms with E-state index in [9.17, 15) is 9.59 Å². The maximum absolute atomic E-state index is 12.7. The number of benzene rings is 1. The molecule has 0 aliphatic carbocycles. The van der Waals surface area contributed by atoms with Crippen LogP contribution in [-0.4, -0.2) is 54.5 Å². The third-order valence-corrected chi connectivity index (χ3v) is 7.64. The van der Waals surface area contributed by atoms with Gasteiger partial charge in [-0.2, -0.15) is 5.26 Å². The number of unbranched alkanes of at least 4 members (excludes halogenated alkanes) is 15. The van der Waals surface area contributed by atoms with Crippen molar-refractivity contribution in [3.05, 3.63) is 35.4 Å². The lowest BCUT2D eigenvalue weighted by Gasteiger charge is -2.34. The fraction of sp³-hybridized carbons (Fsp3) is 0.719. The molecule has 0 atom stereocenters. The molecule has 3 amide bonds. The van der Waals surface area contributed by atoms with Gasteiger partial charge in [0.1, 0.15) is 0 Å². The zero-order chi connectivity index (χ0) is 27.3. The van der Waals surface area contributed by atoms with E-state index in [1.807, 2.05) is 17.0 Å². The van der Waals surface area contributed by atoms with E-state index in [2.05, 4.69) is 18.3 Å². The minimum Gasteiger partial charge on any atom is -0.338 e. The second kappa shape index (κ2) is 20.4. The quantitative estimate of drug-likeness (QED) is 0.191. The van der Waals surface area contributed by atoms with Crippen molar-refractivity contribution in [2.24, 2.45) is 0 Å². The number of nitrogens with zero attached hydrogens (tertiary/aromatic N) is 3. The number of rotatable bonds is 19. The van der Waals surface area contributed by atoms with E-state index < -0.39 is 0 Å². The first kappa shape index (κ1) is 31.7. The number of piperazine rings is 1. The van der Waals surface area contributed by atoms with Crippen LogP contribution in [0.2, 0.25) is 0 Å². The molecule has 1 N–H and O–H groups in total. The molecule has 0 saturated carbocycles. The van der Waals surface area contributed by atoms with Crippen molar-refractivity contribution in [2.75, 3.05) is 32.7 Å². The average molecular weight is 525 g/mol. The topological polar surface area (TPSA) is 76.4 Å². The largest absolute Gasteiger partial charge is 0.338 e. The van der Waals surface area contributed by atoms with Crippen LogP contribution in [0.1, 0.15) is 126 Å². The van der Waals surface area contributed by atoms with Gasteiger partial charge in [-0.3, -0.25) is 4.79 Å². The molecule has 1 aromatic rings. The molecule has 6 nitrogen and oxygen atoms in total. The van der Waals surface area contributed by atoms with E-state index in [-0.39, 0.29) is 11.9 Å². The van der Waals surface area contributed by atoms with Crippen LogP contribution in [0.15, 0.2) is 24.3 Å². The van der Waals surface area contributed by atoms with Gasteiger partial charge in [0.05, 0.1) is 12.5 Å².